The van der Waals surface area contributed by atoms with Crippen LogP contribution < -0.4 is 5.32 Å². The van der Waals surface area contributed by atoms with Crippen molar-refractivity contribution in [3.8, 4) is 0 Å². The summed E-state index contributed by atoms with van der Waals surface area (Å²) in [6.45, 7) is 3.89. The molecule has 0 saturated carbocycles. The number of hydrogen-bond donors (Lipinski definition) is 1. The standard InChI is InChI=1S/C14H22N2O2.ClH/c1-2-3-4-5-6-10-15-12-13-8-7-9-14(11-13)16(17)18;/h7-9,11,15H,2-6,10,12H2,1H3;1H. The smallest absolute Gasteiger partial charge is 0.269 e. The maximum absolute atomic E-state index is 10.6. The monoisotopic (exact) mass is 286 g/mol. The summed E-state index contributed by atoms with van der Waals surface area (Å²) in [5.74, 6) is 0. The minimum atomic E-state index is -0.353. The molecule has 1 aromatic carbocycles. The molecule has 0 unspecified atom stereocenters. The van der Waals surface area contributed by atoms with E-state index in [0.29, 0.717) is 6.54 Å². The van der Waals surface area contributed by atoms with Gasteiger partial charge in [0.25, 0.3) is 5.69 Å². The number of nitro groups is 1. The average molecular weight is 287 g/mol. The Morgan fingerprint density at radius 1 is 1.21 bits per heavy atom. The molecule has 0 atom stereocenters. The first-order valence-corrected chi connectivity index (χ1v) is 6.68. The molecule has 1 N–H and O–H groups in total. The summed E-state index contributed by atoms with van der Waals surface area (Å²) < 4.78 is 0. The Morgan fingerprint density at radius 3 is 2.63 bits per heavy atom. The van der Waals surface area contributed by atoms with Crippen molar-refractivity contribution in [2.45, 2.75) is 45.6 Å². The molecular weight excluding hydrogens is 264 g/mol. The van der Waals surface area contributed by atoms with Gasteiger partial charge in [0.05, 0.1) is 4.92 Å². The fourth-order valence-corrected chi connectivity index (χ4v) is 1.87. The second-order valence-corrected chi connectivity index (χ2v) is 4.52. The zero-order valence-electron chi connectivity index (χ0n) is 11.4. The van der Waals surface area contributed by atoms with Crippen LogP contribution in [0.1, 0.15) is 44.6 Å². The van der Waals surface area contributed by atoms with E-state index in [9.17, 15) is 10.1 Å². The number of halogens is 1. The van der Waals surface area contributed by atoms with Crippen molar-refractivity contribution in [1.29, 1.82) is 0 Å². The fraction of sp³-hybridized carbons (Fsp3) is 0.571. The van der Waals surface area contributed by atoms with Gasteiger partial charge in [-0.15, -0.1) is 12.4 Å². The van der Waals surface area contributed by atoms with Crippen molar-refractivity contribution in [3.05, 3.63) is 39.9 Å². The van der Waals surface area contributed by atoms with Crippen molar-refractivity contribution in [1.82, 2.24) is 5.32 Å². The lowest BCUT2D eigenvalue weighted by atomic mass is 10.1. The van der Waals surface area contributed by atoms with E-state index in [2.05, 4.69) is 12.2 Å². The highest BCUT2D eigenvalue weighted by molar-refractivity contribution is 5.85. The summed E-state index contributed by atoms with van der Waals surface area (Å²) >= 11 is 0. The number of non-ortho nitro benzene ring substituents is 1. The van der Waals surface area contributed by atoms with Gasteiger partial charge in [-0.3, -0.25) is 10.1 Å². The van der Waals surface area contributed by atoms with Gasteiger partial charge < -0.3 is 5.32 Å². The highest BCUT2D eigenvalue weighted by atomic mass is 35.5. The largest absolute Gasteiger partial charge is 0.313 e. The second-order valence-electron chi connectivity index (χ2n) is 4.52. The fourth-order valence-electron chi connectivity index (χ4n) is 1.87. The van der Waals surface area contributed by atoms with E-state index >= 15 is 0 Å². The molecule has 0 fully saturated rings. The number of nitrogens with one attached hydrogen (secondary N) is 1. The Kier molecular flexibility index (Phi) is 10.1. The summed E-state index contributed by atoms with van der Waals surface area (Å²) in [6.07, 6.45) is 6.31. The second kappa shape index (κ2) is 10.8. The van der Waals surface area contributed by atoms with Crippen LogP contribution in [0.25, 0.3) is 0 Å². The van der Waals surface area contributed by atoms with Gasteiger partial charge >= 0.3 is 0 Å². The van der Waals surface area contributed by atoms with Crippen LogP contribution >= 0.6 is 12.4 Å². The van der Waals surface area contributed by atoms with E-state index in [1.54, 1.807) is 12.1 Å². The number of hydrogen-bond acceptors (Lipinski definition) is 3. The molecular formula is C14H23ClN2O2. The van der Waals surface area contributed by atoms with Crippen molar-refractivity contribution in [2.75, 3.05) is 6.54 Å². The molecule has 1 aromatic rings. The SMILES string of the molecule is CCCCCCCNCc1cccc([N+](=O)[O-])c1.Cl. The van der Waals surface area contributed by atoms with Crippen LogP contribution in [0, 0.1) is 10.1 Å². The molecule has 0 aliphatic carbocycles. The Morgan fingerprint density at radius 2 is 1.95 bits per heavy atom. The van der Waals surface area contributed by atoms with Crippen LogP contribution in [0.3, 0.4) is 0 Å². The summed E-state index contributed by atoms with van der Waals surface area (Å²) in [4.78, 5) is 10.3. The maximum atomic E-state index is 10.6. The summed E-state index contributed by atoms with van der Waals surface area (Å²) in [5.41, 5.74) is 1.13. The van der Waals surface area contributed by atoms with Gasteiger partial charge in [0.15, 0.2) is 0 Å². The van der Waals surface area contributed by atoms with Gasteiger partial charge in [0, 0.05) is 18.7 Å². The third-order valence-corrected chi connectivity index (χ3v) is 2.91. The lowest BCUT2D eigenvalue weighted by Gasteiger charge is -2.04. The van der Waals surface area contributed by atoms with Crippen LogP contribution in [-0.4, -0.2) is 11.5 Å². The van der Waals surface area contributed by atoms with E-state index in [1.807, 2.05) is 6.07 Å². The molecule has 0 radical (unpaired) electrons. The summed E-state index contributed by atoms with van der Waals surface area (Å²) in [5, 5.41) is 13.9. The molecule has 0 aliphatic heterocycles. The molecule has 4 nitrogen and oxygen atoms in total. The predicted molar refractivity (Wildman–Crippen MR) is 80.8 cm³/mol. The van der Waals surface area contributed by atoms with Crippen molar-refractivity contribution >= 4 is 18.1 Å². The quantitative estimate of drug-likeness (QED) is 0.423. The molecule has 0 aromatic heterocycles. The summed E-state index contributed by atoms with van der Waals surface area (Å²) in [6, 6.07) is 6.80. The first-order valence-electron chi connectivity index (χ1n) is 6.68. The predicted octanol–water partition coefficient (Wildman–Crippen LogP) is 4.08. The van der Waals surface area contributed by atoms with E-state index in [1.165, 1.54) is 38.2 Å². The van der Waals surface area contributed by atoms with Crippen molar-refractivity contribution in [3.63, 3.8) is 0 Å². The van der Waals surface area contributed by atoms with Gasteiger partial charge in [0.1, 0.15) is 0 Å². The molecule has 0 spiro atoms. The third kappa shape index (κ3) is 7.80. The van der Waals surface area contributed by atoms with Gasteiger partial charge in [0.2, 0.25) is 0 Å². The Hall–Kier alpha value is -1.13. The molecule has 0 amide bonds. The molecule has 1 rings (SSSR count). The third-order valence-electron chi connectivity index (χ3n) is 2.91. The average Bonchev–Trinajstić information content (AvgIpc) is 2.38. The molecule has 108 valence electrons. The van der Waals surface area contributed by atoms with Crippen LogP contribution in [0.4, 0.5) is 5.69 Å². The van der Waals surface area contributed by atoms with Crippen molar-refractivity contribution < 1.29 is 4.92 Å². The lowest BCUT2D eigenvalue weighted by molar-refractivity contribution is -0.384. The van der Waals surface area contributed by atoms with Gasteiger partial charge in [-0.1, -0.05) is 44.7 Å². The Labute approximate surface area is 121 Å². The molecule has 0 saturated heterocycles. The number of benzene rings is 1. The summed E-state index contributed by atoms with van der Waals surface area (Å²) in [7, 11) is 0. The van der Waals surface area contributed by atoms with E-state index in [4.69, 9.17) is 0 Å². The van der Waals surface area contributed by atoms with E-state index < -0.39 is 0 Å². The molecule has 0 aliphatic rings. The minimum absolute atomic E-state index is 0. The zero-order valence-corrected chi connectivity index (χ0v) is 12.2. The van der Waals surface area contributed by atoms with Gasteiger partial charge in [-0.05, 0) is 18.5 Å². The first kappa shape index (κ1) is 17.9. The molecule has 5 heteroatoms. The number of nitrogens with zero attached hydrogens (tertiary/aromatic N) is 1. The maximum Gasteiger partial charge on any atom is 0.269 e. The first-order chi connectivity index (χ1) is 8.74. The van der Waals surface area contributed by atoms with Gasteiger partial charge in [-0.2, -0.15) is 0 Å². The molecule has 0 bridgehead atoms. The highest BCUT2D eigenvalue weighted by Crippen LogP contribution is 2.12. The van der Waals surface area contributed by atoms with E-state index in [-0.39, 0.29) is 23.0 Å². The number of rotatable bonds is 9. The van der Waals surface area contributed by atoms with E-state index in [0.717, 1.165) is 12.1 Å². The minimum Gasteiger partial charge on any atom is -0.313 e. The molecule has 0 heterocycles. The topological polar surface area (TPSA) is 55.2 Å². The lowest BCUT2D eigenvalue weighted by Crippen LogP contribution is -2.14. The van der Waals surface area contributed by atoms with Crippen LogP contribution in [0.15, 0.2) is 24.3 Å². The Bertz CT molecular complexity index is 372. The molecule has 19 heavy (non-hydrogen) atoms. The van der Waals surface area contributed by atoms with Crippen LogP contribution in [0.5, 0.6) is 0 Å². The zero-order chi connectivity index (χ0) is 13.2. The number of nitro benzene ring substituents is 1. The number of unbranched alkanes of at least 4 members (excludes halogenated alkanes) is 4. The Balaban J connectivity index is 0.00000324. The highest BCUT2D eigenvalue weighted by Gasteiger charge is 2.04. The van der Waals surface area contributed by atoms with Crippen molar-refractivity contribution in [2.24, 2.45) is 0 Å². The van der Waals surface area contributed by atoms with Crippen LogP contribution in [-0.2, 0) is 6.54 Å². The van der Waals surface area contributed by atoms with Crippen LogP contribution in [0.2, 0.25) is 0 Å². The normalized spacial score (nSPS) is 9.95. The van der Waals surface area contributed by atoms with Gasteiger partial charge in [-0.25, -0.2) is 0 Å².